The molecule has 0 saturated carbocycles. The number of carbonyl (C=O) groups excluding carboxylic acids is 1. The van der Waals surface area contributed by atoms with E-state index in [1.54, 1.807) is 18.2 Å². The van der Waals surface area contributed by atoms with Crippen LogP contribution < -0.4 is 11.0 Å². The lowest BCUT2D eigenvalue weighted by Gasteiger charge is -2.17. The quantitative estimate of drug-likeness (QED) is 0.896. The Morgan fingerprint density at radius 1 is 1.32 bits per heavy atom. The van der Waals surface area contributed by atoms with E-state index in [9.17, 15) is 9.59 Å². The number of para-hydroxylation sites is 1. The van der Waals surface area contributed by atoms with Crippen LogP contribution in [0, 0.1) is 5.41 Å². The fourth-order valence-electron chi connectivity index (χ4n) is 1.80. The maximum atomic E-state index is 12.1. The number of amides is 1. The van der Waals surface area contributed by atoms with Gasteiger partial charge in [-0.25, -0.2) is 9.66 Å². The summed E-state index contributed by atoms with van der Waals surface area (Å²) in [6.07, 6.45) is 1.68. The maximum Gasteiger partial charge on any atom is 0.280 e. The molecule has 0 radical (unpaired) electrons. The van der Waals surface area contributed by atoms with Crippen molar-refractivity contribution in [1.82, 2.24) is 9.66 Å². The highest BCUT2D eigenvalue weighted by molar-refractivity contribution is 5.84. The van der Waals surface area contributed by atoms with Gasteiger partial charge in [0, 0.05) is 6.42 Å². The van der Waals surface area contributed by atoms with E-state index in [0.29, 0.717) is 17.3 Å². The number of nitrogens with one attached hydrogen (secondary N) is 1. The fourth-order valence-corrected chi connectivity index (χ4v) is 1.80. The summed E-state index contributed by atoms with van der Waals surface area (Å²) in [5.41, 5.74) is 2.78. The first-order chi connectivity index (χ1) is 8.87. The molecule has 0 atom stereocenters. The number of nitrogens with zero attached hydrogens (tertiary/aromatic N) is 2. The molecule has 0 fully saturated rings. The van der Waals surface area contributed by atoms with Crippen LogP contribution in [-0.2, 0) is 4.79 Å². The largest absolute Gasteiger partial charge is 0.280 e. The molecule has 1 N–H and O–H groups in total. The van der Waals surface area contributed by atoms with Crippen LogP contribution in [-0.4, -0.2) is 15.6 Å². The Hall–Kier alpha value is -2.17. The summed E-state index contributed by atoms with van der Waals surface area (Å²) in [5.74, 6) is -0.202. The smallest absolute Gasteiger partial charge is 0.273 e. The van der Waals surface area contributed by atoms with E-state index in [2.05, 4.69) is 10.4 Å². The standard InChI is InChI=1S/C14H17N3O2/c1-14(2,3)8-12(18)16-17-9-15-11-7-5-4-6-10(11)13(17)19/h4-7,9H,8H2,1-3H3,(H,16,18). The number of fused-ring (bicyclic) bond motifs is 1. The van der Waals surface area contributed by atoms with Gasteiger partial charge in [-0.15, -0.1) is 0 Å². The molecular formula is C14H17N3O2. The minimum Gasteiger partial charge on any atom is -0.273 e. The normalized spacial score (nSPS) is 11.5. The third-order valence-corrected chi connectivity index (χ3v) is 2.60. The molecule has 0 aliphatic rings. The Bertz CT molecular complexity index is 668. The molecule has 19 heavy (non-hydrogen) atoms. The van der Waals surface area contributed by atoms with Crippen LogP contribution in [0.5, 0.6) is 0 Å². The van der Waals surface area contributed by atoms with Gasteiger partial charge in [0.25, 0.3) is 5.56 Å². The number of hydrogen-bond acceptors (Lipinski definition) is 3. The van der Waals surface area contributed by atoms with Crippen LogP contribution in [0.2, 0.25) is 0 Å². The second-order valence-electron chi connectivity index (χ2n) is 5.71. The molecule has 1 aromatic heterocycles. The van der Waals surface area contributed by atoms with Crippen molar-refractivity contribution in [2.45, 2.75) is 27.2 Å². The highest BCUT2D eigenvalue weighted by Crippen LogP contribution is 2.17. The summed E-state index contributed by atoms with van der Waals surface area (Å²) in [5, 5.41) is 0.487. The molecule has 0 spiro atoms. The molecule has 1 aromatic carbocycles. The van der Waals surface area contributed by atoms with E-state index in [0.717, 1.165) is 4.68 Å². The van der Waals surface area contributed by atoms with Crippen LogP contribution in [0.25, 0.3) is 10.9 Å². The van der Waals surface area contributed by atoms with Gasteiger partial charge in [-0.3, -0.25) is 15.0 Å². The van der Waals surface area contributed by atoms with Gasteiger partial charge in [-0.05, 0) is 17.5 Å². The molecule has 0 bridgehead atoms. The first-order valence-electron chi connectivity index (χ1n) is 6.13. The summed E-state index contributed by atoms with van der Waals surface area (Å²) in [4.78, 5) is 28.1. The molecule has 1 amide bonds. The number of hydrogen-bond donors (Lipinski definition) is 1. The van der Waals surface area contributed by atoms with E-state index in [1.165, 1.54) is 6.33 Å². The predicted octanol–water partition coefficient (Wildman–Crippen LogP) is 1.90. The summed E-state index contributed by atoms with van der Waals surface area (Å²) in [6, 6.07) is 7.04. The lowest BCUT2D eigenvalue weighted by atomic mass is 9.92. The van der Waals surface area contributed by atoms with Crippen LogP contribution in [0.4, 0.5) is 0 Å². The van der Waals surface area contributed by atoms with Gasteiger partial charge in [0.15, 0.2) is 0 Å². The molecule has 5 nitrogen and oxygen atoms in total. The Morgan fingerprint density at radius 3 is 2.68 bits per heavy atom. The molecule has 0 aliphatic carbocycles. The maximum absolute atomic E-state index is 12.1. The van der Waals surface area contributed by atoms with Crippen LogP contribution in [0.15, 0.2) is 35.4 Å². The van der Waals surface area contributed by atoms with E-state index in [-0.39, 0.29) is 16.9 Å². The Kier molecular flexibility index (Phi) is 3.38. The van der Waals surface area contributed by atoms with Gasteiger partial charge in [-0.2, -0.15) is 0 Å². The van der Waals surface area contributed by atoms with Crippen molar-refractivity contribution < 1.29 is 4.79 Å². The SMILES string of the molecule is CC(C)(C)CC(=O)Nn1cnc2ccccc2c1=O. The number of aromatic nitrogens is 2. The molecule has 100 valence electrons. The zero-order chi connectivity index (χ0) is 14.0. The fraction of sp³-hybridized carbons (Fsp3) is 0.357. The molecule has 0 aliphatic heterocycles. The van der Waals surface area contributed by atoms with Crippen molar-refractivity contribution in [1.29, 1.82) is 0 Å². The van der Waals surface area contributed by atoms with Crippen LogP contribution in [0.1, 0.15) is 27.2 Å². The number of carbonyl (C=O) groups is 1. The van der Waals surface area contributed by atoms with Crippen molar-refractivity contribution in [3.63, 3.8) is 0 Å². The topological polar surface area (TPSA) is 64.0 Å². The molecule has 1 heterocycles. The van der Waals surface area contributed by atoms with Crippen LogP contribution in [0.3, 0.4) is 0 Å². The third-order valence-electron chi connectivity index (χ3n) is 2.60. The molecule has 2 aromatic rings. The third kappa shape index (κ3) is 3.19. The minimum atomic E-state index is -0.271. The molecule has 0 unspecified atom stereocenters. The second-order valence-corrected chi connectivity index (χ2v) is 5.71. The van der Waals surface area contributed by atoms with Gasteiger partial charge >= 0.3 is 0 Å². The molecular weight excluding hydrogens is 242 g/mol. The highest BCUT2D eigenvalue weighted by Gasteiger charge is 2.16. The first kappa shape index (κ1) is 13.3. The number of rotatable bonds is 2. The van der Waals surface area contributed by atoms with Gasteiger partial charge in [0.05, 0.1) is 10.9 Å². The van der Waals surface area contributed by atoms with Gasteiger partial charge in [0.2, 0.25) is 5.91 Å². The first-order valence-corrected chi connectivity index (χ1v) is 6.13. The summed E-state index contributed by atoms with van der Waals surface area (Å²) in [7, 11) is 0. The van der Waals surface area contributed by atoms with Crippen molar-refractivity contribution in [2.24, 2.45) is 5.41 Å². The second kappa shape index (κ2) is 4.84. The molecule has 5 heteroatoms. The monoisotopic (exact) mass is 259 g/mol. The minimum absolute atomic E-state index is 0.127. The lowest BCUT2D eigenvalue weighted by Crippen LogP contribution is -2.34. The molecule has 2 rings (SSSR count). The Balaban J connectivity index is 2.29. The van der Waals surface area contributed by atoms with Crippen molar-refractivity contribution in [2.75, 3.05) is 5.43 Å². The van der Waals surface area contributed by atoms with Crippen molar-refractivity contribution >= 4 is 16.8 Å². The van der Waals surface area contributed by atoms with Gasteiger partial charge in [-0.1, -0.05) is 32.9 Å². The van der Waals surface area contributed by atoms with E-state index in [4.69, 9.17) is 0 Å². The zero-order valence-electron chi connectivity index (χ0n) is 11.3. The van der Waals surface area contributed by atoms with Gasteiger partial charge in [0.1, 0.15) is 6.33 Å². The highest BCUT2D eigenvalue weighted by atomic mass is 16.2. The summed E-state index contributed by atoms with van der Waals surface area (Å²) >= 11 is 0. The van der Waals surface area contributed by atoms with Crippen molar-refractivity contribution in [3.8, 4) is 0 Å². The Labute approximate surface area is 111 Å². The van der Waals surface area contributed by atoms with E-state index >= 15 is 0 Å². The van der Waals surface area contributed by atoms with E-state index in [1.807, 2.05) is 26.8 Å². The number of benzene rings is 1. The molecule has 0 saturated heterocycles. The van der Waals surface area contributed by atoms with Crippen LogP contribution >= 0.6 is 0 Å². The summed E-state index contributed by atoms with van der Waals surface area (Å²) < 4.78 is 1.14. The average Bonchev–Trinajstić information content (AvgIpc) is 2.31. The lowest BCUT2D eigenvalue weighted by molar-refractivity contribution is -0.118. The predicted molar refractivity (Wildman–Crippen MR) is 74.4 cm³/mol. The average molecular weight is 259 g/mol. The van der Waals surface area contributed by atoms with E-state index < -0.39 is 0 Å². The van der Waals surface area contributed by atoms with Crippen molar-refractivity contribution in [3.05, 3.63) is 40.9 Å². The Morgan fingerprint density at radius 2 is 2.00 bits per heavy atom. The summed E-state index contributed by atoms with van der Waals surface area (Å²) in [6.45, 7) is 5.90. The zero-order valence-corrected chi connectivity index (χ0v) is 11.3. The van der Waals surface area contributed by atoms with Gasteiger partial charge < -0.3 is 0 Å².